The normalized spacial score (nSPS) is 55.1. The molecular weight excluding hydrogens is 316 g/mol. The SMILES string of the molecule is C#C[C@]1(O)[C@H](O)C[C@H]2[C@@H]3CCC4=C(O)[C@H](O)CC[C@]4(C)[C@H]3CC[C@@]21C. The van der Waals surface area contributed by atoms with E-state index in [0.29, 0.717) is 24.7 Å². The largest absolute Gasteiger partial charge is 0.510 e. The molecule has 0 saturated heterocycles. The fraction of sp³-hybridized carbons (Fsp3) is 0.810. The number of terminal acetylenes is 1. The Bertz CT molecular complexity index is 663. The topological polar surface area (TPSA) is 80.9 Å². The van der Waals surface area contributed by atoms with E-state index in [1.54, 1.807) is 0 Å². The summed E-state index contributed by atoms with van der Waals surface area (Å²) in [5.41, 5.74) is -0.933. The highest BCUT2D eigenvalue weighted by Crippen LogP contribution is 2.67. The molecule has 0 amide bonds. The average Bonchev–Trinajstić information content (AvgIpc) is 2.79. The van der Waals surface area contributed by atoms with Gasteiger partial charge in [0.2, 0.25) is 0 Å². The van der Waals surface area contributed by atoms with Crippen LogP contribution >= 0.6 is 0 Å². The number of allylic oxidation sites excluding steroid dienone is 1. The van der Waals surface area contributed by atoms with E-state index in [4.69, 9.17) is 6.42 Å². The number of fused-ring (bicyclic) bond motifs is 5. The molecule has 0 unspecified atom stereocenters. The molecule has 0 aromatic carbocycles. The Kier molecular flexibility index (Phi) is 3.65. The molecule has 4 nitrogen and oxygen atoms in total. The molecule has 4 N–H and O–H groups in total. The van der Waals surface area contributed by atoms with Crippen molar-refractivity contribution in [2.75, 3.05) is 0 Å². The molecule has 3 saturated carbocycles. The van der Waals surface area contributed by atoms with Gasteiger partial charge in [-0.05, 0) is 73.7 Å². The minimum absolute atomic E-state index is 0.0879. The smallest absolute Gasteiger partial charge is 0.156 e. The first-order valence-electron chi connectivity index (χ1n) is 9.68. The van der Waals surface area contributed by atoms with Gasteiger partial charge in [0.15, 0.2) is 5.60 Å². The van der Waals surface area contributed by atoms with Crippen molar-refractivity contribution in [2.45, 2.75) is 76.6 Å². The molecule has 25 heavy (non-hydrogen) atoms. The van der Waals surface area contributed by atoms with E-state index in [1.165, 1.54) is 0 Å². The highest BCUT2D eigenvalue weighted by molar-refractivity contribution is 5.31. The van der Waals surface area contributed by atoms with Gasteiger partial charge in [-0.3, -0.25) is 0 Å². The zero-order valence-corrected chi connectivity index (χ0v) is 15.2. The first kappa shape index (κ1) is 17.4. The average molecular weight is 346 g/mol. The quantitative estimate of drug-likeness (QED) is 0.508. The second-order valence-electron chi connectivity index (χ2n) is 9.37. The number of aliphatic hydroxyl groups excluding tert-OH is 3. The van der Waals surface area contributed by atoms with Crippen molar-refractivity contribution in [1.82, 2.24) is 0 Å². The Hall–Kier alpha value is -1.02. The monoisotopic (exact) mass is 346 g/mol. The van der Waals surface area contributed by atoms with Gasteiger partial charge in [-0.15, -0.1) is 6.42 Å². The summed E-state index contributed by atoms with van der Waals surface area (Å²) in [6, 6.07) is 0. The zero-order chi connectivity index (χ0) is 18.2. The molecule has 0 bridgehead atoms. The highest BCUT2D eigenvalue weighted by atomic mass is 16.3. The molecule has 0 aromatic rings. The summed E-state index contributed by atoms with van der Waals surface area (Å²) in [6.45, 7) is 4.29. The van der Waals surface area contributed by atoms with Gasteiger partial charge < -0.3 is 20.4 Å². The van der Waals surface area contributed by atoms with Gasteiger partial charge in [0.25, 0.3) is 0 Å². The number of aliphatic hydroxyl groups is 4. The van der Waals surface area contributed by atoms with E-state index in [1.807, 2.05) is 0 Å². The molecule has 0 heterocycles. The Morgan fingerprint density at radius 2 is 1.80 bits per heavy atom. The van der Waals surface area contributed by atoms with Crippen molar-refractivity contribution in [2.24, 2.45) is 28.6 Å². The van der Waals surface area contributed by atoms with E-state index in [-0.39, 0.29) is 17.1 Å². The molecule has 8 atom stereocenters. The van der Waals surface area contributed by atoms with Gasteiger partial charge >= 0.3 is 0 Å². The van der Waals surface area contributed by atoms with Crippen LogP contribution < -0.4 is 0 Å². The van der Waals surface area contributed by atoms with Crippen LogP contribution in [0.5, 0.6) is 0 Å². The molecule has 4 heteroatoms. The predicted octanol–water partition coefficient (Wildman–Crippen LogP) is 2.53. The summed E-state index contributed by atoms with van der Waals surface area (Å²) in [5, 5.41) is 42.1. The van der Waals surface area contributed by atoms with E-state index in [2.05, 4.69) is 19.8 Å². The number of hydrogen-bond donors (Lipinski definition) is 4. The molecule has 4 aliphatic carbocycles. The second kappa shape index (κ2) is 5.25. The van der Waals surface area contributed by atoms with Crippen molar-refractivity contribution in [3.05, 3.63) is 11.3 Å². The summed E-state index contributed by atoms with van der Waals surface area (Å²) >= 11 is 0. The van der Waals surface area contributed by atoms with Crippen LogP contribution in [0.1, 0.15) is 58.8 Å². The van der Waals surface area contributed by atoms with Crippen LogP contribution in [0, 0.1) is 40.9 Å². The van der Waals surface area contributed by atoms with Crippen molar-refractivity contribution in [3.63, 3.8) is 0 Å². The minimum Gasteiger partial charge on any atom is -0.510 e. The third-order valence-corrected chi connectivity index (χ3v) is 8.67. The summed E-state index contributed by atoms with van der Waals surface area (Å²) in [7, 11) is 0. The fourth-order valence-corrected chi connectivity index (χ4v) is 7.11. The third kappa shape index (κ3) is 1.95. The number of rotatable bonds is 0. The van der Waals surface area contributed by atoms with E-state index >= 15 is 0 Å². The van der Waals surface area contributed by atoms with Crippen LogP contribution in [0.2, 0.25) is 0 Å². The van der Waals surface area contributed by atoms with E-state index in [0.717, 1.165) is 37.7 Å². The van der Waals surface area contributed by atoms with Crippen LogP contribution in [0.3, 0.4) is 0 Å². The minimum atomic E-state index is -1.44. The van der Waals surface area contributed by atoms with Gasteiger partial charge in [-0.2, -0.15) is 0 Å². The van der Waals surface area contributed by atoms with Crippen LogP contribution in [0.4, 0.5) is 0 Å². The van der Waals surface area contributed by atoms with Crippen LogP contribution in [-0.2, 0) is 0 Å². The van der Waals surface area contributed by atoms with Crippen molar-refractivity contribution < 1.29 is 20.4 Å². The summed E-state index contributed by atoms with van der Waals surface area (Å²) in [5.74, 6) is 3.74. The molecular formula is C21H30O4. The van der Waals surface area contributed by atoms with Crippen molar-refractivity contribution in [3.8, 4) is 12.3 Å². The maximum atomic E-state index is 11.0. The standard InChI is InChI=1S/C21H30O4/c1-4-21(25)17(23)11-15-12-5-6-14-18(24)16(22)8-9-19(14,2)13(12)7-10-20(15,21)3/h1,12-13,15-17,22-25H,5-11H2,2-3H3/t12-,13+,15+,16-,17-,19-,20+,21+/m1/s1. The van der Waals surface area contributed by atoms with Gasteiger partial charge in [0.1, 0.15) is 11.9 Å². The summed E-state index contributed by atoms with van der Waals surface area (Å²) < 4.78 is 0. The molecule has 138 valence electrons. The molecule has 0 radical (unpaired) electrons. The molecule has 4 rings (SSSR count). The maximum absolute atomic E-state index is 11.0. The van der Waals surface area contributed by atoms with Crippen molar-refractivity contribution in [1.29, 1.82) is 0 Å². The van der Waals surface area contributed by atoms with E-state index < -0.39 is 23.2 Å². The second-order valence-corrected chi connectivity index (χ2v) is 9.37. The Labute approximate surface area is 150 Å². The molecule has 3 fully saturated rings. The zero-order valence-electron chi connectivity index (χ0n) is 15.2. The molecule has 0 aliphatic heterocycles. The number of hydrogen-bond acceptors (Lipinski definition) is 4. The lowest BCUT2D eigenvalue weighted by atomic mass is 9.46. The first-order chi connectivity index (χ1) is 11.7. The van der Waals surface area contributed by atoms with Gasteiger partial charge in [0.05, 0.1) is 6.10 Å². The van der Waals surface area contributed by atoms with Gasteiger partial charge in [0, 0.05) is 5.41 Å². The maximum Gasteiger partial charge on any atom is 0.156 e. The summed E-state index contributed by atoms with van der Waals surface area (Å²) in [6.07, 6.45) is 9.59. The highest BCUT2D eigenvalue weighted by Gasteiger charge is 2.67. The van der Waals surface area contributed by atoms with Crippen LogP contribution in [0.15, 0.2) is 11.3 Å². The molecule has 0 spiro atoms. The first-order valence-corrected chi connectivity index (χ1v) is 9.68. The summed E-state index contributed by atoms with van der Waals surface area (Å²) in [4.78, 5) is 0. The lowest BCUT2D eigenvalue weighted by Gasteiger charge is -2.58. The Morgan fingerprint density at radius 3 is 2.48 bits per heavy atom. The third-order valence-electron chi connectivity index (χ3n) is 8.67. The molecule has 4 aliphatic rings. The van der Waals surface area contributed by atoms with Gasteiger partial charge in [-0.25, -0.2) is 0 Å². The lowest BCUT2D eigenvalue weighted by Crippen LogP contribution is -2.56. The molecule has 0 aromatic heterocycles. The predicted molar refractivity (Wildman–Crippen MR) is 94.5 cm³/mol. The Morgan fingerprint density at radius 1 is 1.08 bits per heavy atom. The van der Waals surface area contributed by atoms with E-state index in [9.17, 15) is 20.4 Å². The van der Waals surface area contributed by atoms with Crippen molar-refractivity contribution >= 4 is 0 Å². The Balaban J connectivity index is 1.73. The lowest BCUT2D eigenvalue weighted by molar-refractivity contribution is -0.122. The van der Waals surface area contributed by atoms with Crippen LogP contribution in [0.25, 0.3) is 0 Å². The fourth-order valence-electron chi connectivity index (χ4n) is 7.11. The van der Waals surface area contributed by atoms with Crippen LogP contribution in [-0.4, -0.2) is 38.2 Å². The van der Waals surface area contributed by atoms with Gasteiger partial charge in [-0.1, -0.05) is 19.8 Å².